The smallest absolute Gasteiger partial charge is 0.0587 e. The van der Waals surface area contributed by atoms with Gasteiger partial charge >= 0.3 is 0 Å². The van der Waals surface area contributed by atoms with Gasteiger partial charge < -0.3 is 15.0 Å². The van der Waals surface area contributed by atoms with Crippen molar-refractivity contribution in [1.82, 2.24) is 5.32 Å². The second kappa shape index (κ2) is 7.68. The summed E-state index contributed by atoms with van der Waals surface area (Å²) in [6.45, 7) is 2.50. The van der Waals surface area contributed by atoms with Crippen molar-refractivity contribution in [2.24, 2.45) is 0 Å². The molecule has 0 fully saturated rings. The first kappa shape index (κ1) is 14.6. The van der Waals surface area contributed by atoms with Gasteiger partial charge in [0.25, 0.3) is 0 Å². The molecule has 0 aliphatic heterocycles. The Hall–Kier alpha value is -1.84. The maximum atomic E-state index is 5.01. The second-order valence-electron chi connectivity index (χ2n) is 4.73. The lowest BCUT2D eigenvalue weighted by Gasteiger charge is -2.19. The molecule has 0 aliphatic rings. The van der Waals surface area contributed by atoms with Gasteiger partial charge in [0.05, 0.1) is 6.61 Å². The SMILES string of the molecule is COCCNCc1ccc(N(C)c2ccccc2)cc1. The standard InChI is InChI=1S/C17H22N2O/c1-19(16-6-4-3-5-7-16)17-10-8-15(9-11-17)14-18-12-13-20-2/h3-11,18H,12-14H2,1-2H3. The molecule has 0 saturated carbocycles. The van der Waals surface area contributed by atoms with Crippen molar-refractivity contribution >= 4 is 11.4 Å². The minimum absolute atomic E-state index is 0.745. The molecule has 0 aliphatic carbocycles. The first-order valence-electron chi connectivity index (χ1n) is 6.88. The Bertz CT molecular complexity index is 496. The number of methoxy groups -OCH3 is 1. The third kappa shape index (κ3) is 4.08. The van der Waals surface area contributed by atoms with E-state index in [4.69, 9.17) is 4.74 Å². The number of nitrogens with one attached hydrogen (secondary N) is 1. The number of benzene rings is 2. The van der Waals surface area contributed by atoms with Crippen LogP contribution in [0.3, 0.4) is 0 Å². The second-order valence-corrected chi connectivity index (χ2v) is 4.73. The summed E-state index contributed by atoms with van der Waals surface area (Å²) in [6.07, 6.45) is 0. The van der Waals surface area contributed by atoms with E-state index in [-0.39, 0.29) is 0 Å². The highest BCUT2D eigenvalue weighted by atomic mass is 16.5. The van der Waals surface area contributed by atoms with Crippen LogP contribution in [-0.2, 0) is 11.3 Å². The molecule has 0 atom stereocenters. The molecule has 0 heterocycles. The normalized spacial score (nSPS) is 10.5. The Kier molecular flexibility index (Phi) is 5.59. The lowest BCUT2D eigenvalue weighted by Crippen LogP contribution is -2.18. The van der Waals surface area contributed by atoms with Gasteiger partial charge in [-0.2, -0.15) is 0 Å². The average Bonchev–Trinajstić information content (AvgIpc) is 2.52. The summed E-state index contributed by atoms with van der Waals surface area (Å²) >= 11 is 0. The molecule has 0 unspecified atom stereocenters. The fourth-order valence-corrected chi connectivity index (χ4v) is 2.05. The molecule has 1 N–H and O–H groups in total. The Morgan fingerprint density at radius 1 is 0.950 bits per heavy atom. The van der Waals surface area contributed by atoms with Crippen LogP contribution in [0.25, 0.3) is 0 Å². The highest BCUT2D eigenvalue weighted by Crippen LogP contribution is 2.23. The molecular weight excluding hydrogens is 248 g/mol. The Morgan fingerprint density at radius 3 is 2.25 bits per heavy atom. The molecule has 0 radical (unpaired) electrons. The third-order valence-electron chi connectivity index (χ3n) is 3.28. The largest absolute Gasteiger partial charge is 0.383 e. The minimum Gasteiger partial charge on any atom is -0.383 e. The van der Waals surface area contributed by atoms with Crippen LogP contribution in [0.15, 0.2) is 54.6 Å². The van der Waals surface area contributed by atoms with Gasteiger partial charge in [-0.05, 0) is 29.8 Å². The summed E-state index contributed by atoms with van der Waals surface area (Å²) in [7, 11) is 3.80. The van der Waals surface area contributed by atoms with Gasteiger partial charge in [-0.15, -0.1) is 0 Å². The minimum atomic E-state index is 0.745. The number of hydrogen-bond donors (Lipinski definition) is 1. The maximum Gasteiger partial charge on any atom is 0.0587 e. The van der Waals surface area contributed by atoms with Gasteiger partial charge in [-0.25, -0.2) is 0 Å². The molecule has 2 aromatic rings. The predicted molar refractivity (Wildman–Crippen MR) is 84.5 cm³/mol. The van der Waals surface area contributed by atoms with Crippen LogP contribution >= 0.6 is 0 Å². The Balaban J connectivity index is 1.94. The van der Waals surface area contributed by atoms with Gasteiger partial charge in [0.15, 0.2) is 0 Å². The van der Waals surface area contributed by atoms with Crippen LogP contribution in [0.4, 0.5) is 11.4 Å². The fraction of sp³-hybridized carbons (Fsp3) is 0.294. The number of para-hydroxylation sites is 1. The fourth-order valence-electron chi connectivity index (χ4n) is 2.05. The average molecular weight is 270 g/mol. The molecule has 0 aromatic heterocycles. The zero-order chi connectivity index (χ0) is 14.2. The van der Waals surface area contributed by atoms with Crippen LogP contribution < -0.4 is 10.2 Å². The van der Waals surface area contributed by atoms with Crippen molar-refractivity contribution in [3.05, 3.63) is 60.2 Å². The summed E-state index contributed by atoms with van der Waals surface area (Å²) in [5.74, 6) is 0. The van der Waals surface area contributed by atoms with E-state index in [9.17, 15) is 0 Å². The van der Waals surface area contributed by atoms with E-state index in [0.29, 0.717) is 0 Å². The van der Waals surface area contributed by atoms with Crippen LogP contribution in [0.1, 0.15) is 5.56 Å². The van der Waals surface area contributed by atoms with E-state index in [1.54, 1.807) is 7.11 Å². The Labute approximate surface area is 121 Å². The number of rotatable bonds is 7. The monoisotopic (exact) mass is 270 g/mol. The maximum absolute atomic E-state index is 5.01. The van der Waals surface area contributed by atoms with E-state index < -0.39 is 0 Å². The van der Waals surface area contributed by atoms with E-state index in [2.05, 4.69) is 65.8 Å². The lowest BCUT2D eigenvalue weighted by atomic mass is 10.2. The van der Waals surface area contributed by atoms with E-state index in [1.807, 2.05) is 6.07 Å². The van der Waals surface area contributed by atoms with Gasteiger partial charge in [-0.3, -0.25) is 0 Å². The summed E-state index contributed by atoms with van der Waals surface area (Å²) in [4.78, 5) is 2.18. The van der Waals surface area contributed by atoms with Crippen LogP contribution in [0.2, 0.25) is 0 Å². The van der Waals surface area contributed by atoms with Crippen molar-refractivity contribution in [3.8, 4) is 0 Å². The van der Waals surface area contributed by atoms with Crippen molar-refractivity contribution < 1.29 is 4.74 Å². The van der Waals surface area contributed by atoms with E-state index >= 15 is 0 Å². The predicted octanol–water partition coefficient (Wildman–Crippen LogP) is 3.19. The zero-order valence-electron chi connectivity index (χ0n) is 12.2. The van der Waals surface area contributed by atoms with Crippen molar-refractivity contribution in [3.63, 3.8) is 0 Å². The van der Waals surface area contributed by atoms with Gasteiger partial charge in [0.2, 0.25) is 0 Å². The molecule has 20 heavy (non-hydrogen) atoms. The van der Waals surface area contributed by atoms with Crippen molar-refractivity contribution in [1.29, 1.82) is 0 Å². The topological polar surface area (TPSA) is 24.5 Å². The van der Waals surface area contributed by atoms with Gasteiger partial charge in [0.1, 0.15) is 0 Å². The first-order valence-corrected chi connectivity index (χ1v) is 6.88. The molecule has 3 heteroatoms. The van der Waals surface area contributed by atoms with Gasteiger partial charge in [-0.1, -0.05) is 30.3 Å². The van der Waals surface area contributed by atoms with Gasteiger partial charge in [0, 0.05) is 38.6 Å². The molecule has 0 saturated heterocycles. The molecule has 3 nitrogen and oxygen atoms in total. The first-order chi connectivity index (χ1) is 9.81. The van der Waals surface area contributed by atoms with Crippen LogP contribution in [0.5, 0.6) is 0 Å². The van der Waals surface area contributed by atoms with E-state index in [0.717, 1.165) is 19.7 Å². The quantitative estimate of drug-likeness (QED) is 0.782. The number of nitrogens with zero attached hydrogens (tertiary/aromatic N) is 1. The number of anilines is 2. The highest BCUT2D eigenvalue weighted by molar-refractivity contribution is 5.62. The highest BCUT2D eigenvalue weighted by Gasteiger charge is 2.02. The number of hydrogen-bond acceptors (Lipinski definition) is 3. The number of ether oxygens (including phenoxy) is 1. The van der Waals surface area contributed by atoms with Crippen LogP contribution in [0, 0.1) is 0 Å². The third-order valence-corrected chi connectivity index (χ3v) is 3.28. The molecular formula is C17H22N2O. The van der Waals surface area contributed by atoms with E-state index in [1.165, 1.54) is 16.9 Å². The molecule has 2 rings (SSSR count). The zero-order valence-corrected chi connectivity index (χ0v) is 12.2. The summed E-state index contributed by atoms with van der Waals surface area (Å²) in [5, 5.41) is 3.34. The summed E-state index contributed by atoms with van der Waals surface area (Å²) in [5.41, 5.74) is 3.67. The molecule has 106 valence electrons. The van der Waals surface area contributed by atoms with Crippen molar-refractivity contribution in [2.75, 3.05) is 32.2 Å². The molecule has 0 bridgehead atoms. The van der Waals surface area contributed by atoms with Crippen molar-refractivity contribution in [2.45, 2.75) is 6.54 Å². The molecule has 0 spiro atoms. The lowest BCUT2D eigenvalue weighted by molar-refractivity contribution is 0.199. The van der Waals surface area contributed by atoms with Crippen LogP contribution in [-0.4, -0.2) is 27.3 Å². The summed E-state index contributed by atoms with van der Waals surface area (Å²) < 4.78 is 5.01. The molecule has 0 amide bonds. The molecule has 2 aromatic carbocycles. The summed E-state index contributed by atoms with van der Waals surface area (Å²) in [6, 6.07) is 19.0. The Morgan fingerprint density at radius 2 is 1.60 bits per heavy atom.